The summed E-state index contributed by atoms with van der Waals surface area (Å²) in [6.45, 7) is 1.76. The summed E-state index contributed by atoms with van der Waals surface area (Å²) in [5.41, 5.74) is 3.33. The zero-order valence-corrected chi connectivity index (χ0v) is 16.4. The average molecular weight is 418 g/mol. The first-order valence-corrected chi connectivity index (χ1v) is 9.43. The number of aryl methyl sites for hydroxylation is 1. The van der Waals surface area contributed by atoms with E-state index < -0.39 is 6.04 Å². The number of aliphatic hydroxyl groups excluding tert-OH is 1. The van der Waals surface area contributed by atoms with Crippen LogP contribution in [-0.4, -0.2) is 44.4 Å². The molecule has 3 N–H and O–H groups in total. The Kier molecular flexibility index (Phi) is 4.79. The number of carbonyl (C=O) groups is 1. The van der Waals surface area contributed by atoms with Crippen molar-refractivity contribution in [3.63, 3.8) is 0 Å². The summed E-state index contributed by atoms with van der Waals surface area (Å²) in [4.78, 5) is 14.5. The minimum absolute atomic E-state index is 0.0223. The van der Waals surface area contributed by atoms with Crippen LogP contribution in [0.15, 0.2) is 36.4 Å². The van der Waals surface area contributed by atoms with Gasteiger partial charge in [0.2, 0.25) is 0 Å². The fraction of sp³-hybridized carbons (Fsp3) is 0.200. The summed E-state index contributed by atoms with van der Waals surface area (Å²) in [7, 11) is 0. The number of aromatic amines is 1. The standard InChI is InChI=1S/C20H17Cl2N3O3/c1-10-7-15(27)13(9-14(10)22)17-16-18(24-23-17)20(28)25(5-6-26)19(16)11-3-2-4-12(21)8-11/h2-4,7-9,19,26-27H,5-6H2,1H3,(H,23,24)/t19-/m1/s1. The van der Waals surface area contributed by atoms with E-state index >= 15 is 0 Å². The van der Waals surface area contributed by atoms with Crippen molar-refractivity contribution in [2.75, 3.05) is 13.2 Å². The molecule has 0 fully saturated rings. The maximum Gasteiger partial charge on any atom is 0.273 e. The van der Waals surface area contributed by atoms with Gasteiger partial charge in [-0.25, -0.2) is 0 Å². The second-order valence-electron chi connectivity index (χ2n) is 6.66. The molecule has 0 saturated heterocycles. The van der Waals surface area contributed by atoms with Crippen molar-refractivity contribution < 1.29 is 15.0 Å². The maximum absolute atomic E-state index is 12.9. The molecule has 3 aromatic rings. The van der Waals surface area contributed by atoms with Crippen LogP contribution in [0.1, 0.15) is 33.2 Å². The van der Waals surface area contributed by atoms with Gasteiger partial charge >= 0.3 is 0 Å². The van der Waals surface area contributed by atoms with E-state index in [0.717, 1.165) is 11.1 Å². The zero-order valence-electron chi connectivity index (χ0n) is 14.9. The number of nitrogens with zero attached hydrogens (tertiary/aromatic N) is 2. The number of phenols is 1. The Hall–Kier alpha value is -2.54. The molecule has 28 heavy (non-hydrogen) atoms. The summed E-state index contributed by atoms with van der Waals surface area (Å²) in [6.07, 6.45) is 0. The van der Waals surface area contributed by atoms with Crippen molar-refractivity contribution in [2.45, 2.75) is 13.0 Å². The molecule has 4 rings (SSSR count). The molecule has 0 radical (unpaired) electrons. The second kappa shape index (κ2) is 7.13. The van der Waals surface area contributed by atoms with Gasteiger partial charge in [-0.3, -0.25) is 9.89 Å². The van der Waals surface area contributed by atoms with E-state index in [1.54, 1.807) is 42.2 Å². The van der Waals surface area contributed by atoms with E-state index in [0.29, 0.717) is 32.6 Å². The summed E-state index contributed by atoms with van der Waals surface area (Å²) < 4.78 is 0. The van der Waals surface area contributed by atoms with E-state index in [2.05, 4.69) is 10.2 Å². The molecule has 1 aliphatic heterocycles. The largest absolute Gasteiger partial charge is 0.507 e. The van der Waals surface area contributed by atoms with Gasteiger partial charge in [0.25, 0.3) is 5.91 Å². The molecular weight excluding hydrogens is 401 g/mol. The van der Waals surface area contributed by atoms with Crippen LogP contribution in [0, 0.1) is 6.92 Å². The first-order chi connectivity index (χ1) is 13.4. The highest BCUT2D eigenvalue weighted by molar-refractivity contribution is 6.31. The van der Waals surface area contributed by atoms with Gasteiger partial charge in [-0.15, -0.1) is 0 Å². The Balaban J connectivity index is 1.94. The van der Waals surface area contributed by atoms with Crippen LogP contribution in [0.4, 0.5) is 0 Å². The molecule has 2 heterocycles. The highest BCUT2D eigenvalue weighted by Crippen LogP contribution is 2.45. The van der Waals surface area contributed by atoms with Gasteiger partial charge in [0.05, 0.1) is 12.6 Å². The molecular formula is C20H17Cl2N3O3. The number of nitrogens with one attached hydrogen (secondary N) is 1. The highest BCUT2D eigenvalue weighted by atomic mass is 35.5. The first-order valence-electron chi connectivity index (χ1n) is 8.67. The van der Waals surface area contributed by atoms with Gasteiger partial charge in [-0.2, -0.15) is 5.10 Å². The number of fused-ring (bicyclic) bond motifs is 1. The Morgan fingerprint density at radius 2 is 2.04 bits per heavy atom. The highest BCUT2D eigenvalue weighted by Gasteiger charge is 2.42. The molecule has 144 valence electrons. The van der Waals surface area contributed by atoms with Crippen molar-refractivity contribution in [3.05, 3.63) is 68.8 Å². The number of rotatable bonds is 4. The number of aromatic nitrogens is 2. The Labute approximate surface area is 171 Å². The van der Waals surface area contributed by atoms with Crippen molar-refractivity contribution in [3.8, 4) is 17.0 Å². The van der Waals surface area contributed by atoms with Gasteiger partial charge < -0.3 is 15.1 Å². The average Bonchev–Trinajstić information content (AvgIpc) is 3.18. The van der Waals surface area contributed by atoms with Crippen LogP contribution >= 0.6 is 23.2 Å². The van der Waals surface area contributed by atoms with Crippen LogP contribution in [-0.2, 0) is 0 Å². The van der Waals surface area contributed by atoms with Crippen molar-refractivity contribution in [1.29, 1.82) is 0 Å². The smallest absolute Gasteiger partial charge is 0.273 e. The molecule has 0 spiro atoms. The fourth-order valence-electron chi connectivity index (χ4n) is 3.62. The maximum atomic E-state index is 12.9. The lowest BCUT2D eigenvalue weighted by Gasteiger charge is -2.25. The molecule has 8 heteroatoms. The minimum atomic E-state index is -0.499. The van der Waals surface area contributed by atoms with E-state index in [4.69, 9.17) is 23.2 Å². The van der Waals surface area contributed by atoms with Gasteiger partial charge in [0.1, 0.15) is 17.1 Å². The van der Waals surface area contributed by atoms with E-state index in [9.17, 15) is 15.0 Å². The summed E-state index contributed by atoms with van der Waals surface area (Å²) in [6, 6.07) is 9.89. The van der Waals surface area contributed by atoms with Crippen LogP contribution in [0.5, 0.6) is 5.75 Å². The molecule has 1 aliphatic rings. The summed E-state index contributed by atoms with van der Waals surface area (Å²) in [5.74, 6) is -0.250. The fourth-order valence-corrected chi connectivity index (χ4v) is 3.98. The van der Waals surface area contributed by atoms with Gasteiger partial charge in [-0.05, 0) is 42.3 Å². The lowest BCUT2D eigenvalue weighted by molar-refractivity contribution is 0.0706. The monoisotopic (exact) mass is 417 g/mol. The third-order valence-electron chi connectivity index (χ3n) is 4.90. The third-order valence-corrected chi connectivity index (χ3v) is 5.54. The minimum Gasteiger partial charge on any atom is -0.507 e. The van der Waals surface area contributed by atoms with Gasteiger partial charge in [-0.1, -0.05) is 35.3 Å². The molecule has 0 saturated carbocycles. The van der Waals surface area contributed by atoms with E-state index in [-0.39, 0.29) is 24.8 Å². The van der Waals surface area contributed by atoms with Crippen LogP contribution in [0.2, 0.25) is 10.0 Å². The number of hydrogen-bond donors (Lipinski definition) is 3. The van der Waals surface area contributed by atoms with E-state index in [1.807, 2.05) is 6.07 Å². The molecule has 1 aromatic heterocycles. The predicted molar refractivity (Wildman–Crippen MR) is 107 cm³/mol. The summed E-state index contributed by atoms with van der Waals surface area (Å²) in [5, 5.41) is 28.1. The second-order valence-corrected chi connectivity index (χ2v) is 7.50. The SMILES string of the molecule is Cc1cc(O)c(-c2n[nH]c3c2[C@@H](c2cccc(Cl)c2)N(CCO)C3=O)cc1Cl. The number of halogens is 2. The van der Waals surface area contributed by atoms with Gasteiger partial charge in [0.15, 0.2) is 0 Å². The normalized spacial score (nSPS) is 15.9. The number of amides is 1. The predicted octanol–water partition coefficient (Wildman–Crippen LogP) is 3.94. The molecule has 1 amide bonds. The number of benzene rings is 2. The lowest BCUT2D eigenvalue weighted by Crippen LogP contribution is -2.32. The number of β-amino-alcohol motifs (C(OH)–C–C–N with tert-alkyl or cyclic N) is 1. The number of H-pyrrole nitrogens is 1. The number of aromatic hydroxyl groups is 1. The molecule has 0 unspecified atom stereocenters. The molecule has 6 nitrogen and oxygen atoms in total. The molecule has 1 atom stereocenters. The van der Waals surface area contributed by atoms with Crippen LogP contribution < -0.4 is 0 Å². The van der Waals surface area contributed by atoms with Crippen LogP contribution in [0.25, 0.3) is 11.3 Å². The topological polar surface area (TPSA) is 89.5 Å². The third kappa shape index (κ3) is 2.94. The number of carbonyl (C=O) groups excluding carboxylic acids is 1. The van der Waals surface area contributed by atoms with E-state index in [1.165, 1.54) is 0 Å². The number of aliphatic hydroxyl groups is 1. The quantitative estimate of drug-likeness (QED) is 0.599. The Morgan fingerprint density at radius 1 is 1.25 bits per heavy atom. The Morgan fingerprint density at radius 3 is 2.75 bits per heavy atom. The molecule has 0 aliphatic carbocycles. The van der Waals surface area contributed by atoms with Crippen molar-refractivity contribution >= 4 is 29.1 Å². The van der Waals surface area contributed by atoms with Crippen molar-refractivity contribution in [2.24, 2.45) is 0 Å². The zero-order chi connectivity index (χ0) is 20.0. The first kappa shape index (κ1) is 18.8. The number of hydrogen-bond acceptors (Lipinski definition) is 4. The van der Waals surface area contributed by atoms with Crippen molar-refractivity contribution in [1.82, 2.24) is 15.1 Å². The number of phenolic OH excluding ortho intramolecular Hbond substituents is 1. The van der Waals surface area contributed by atoms with Gasteiger partial charge in [0, 0.05) is 27.7 Å². The molecule has 2 aromatic carbocycles. The summed E-state index contributed by atoms with van der Waals surface area (Å²) >= 11 is 12.4. The molecule has 0 bridgehead atoms. The Bertz CT molecular complexity index is 1080. The van der Waals surface area contributed by atoms with Crippen LogP contribution in [0.3, 0.4) is 0 Å². The lowest BCUT2D eigenvalue weighted by atomic mass is 9.95.